The van der Waals surface area contributed by atoms with Crippen molar-refractivity contribution in [3.63, 3.8) is 0 Å². The summed E-state index contributed by atoms with van der Waals surface area (Å²) in [6.45, 7) is 4.87. The maximum Gasteiger partial charge on any atom is 0.342 e. The third-order valence-corrected chi connectivity index (χ3v) is 4.83. The maximum atomic E-state index is 12.9. The predicted octanol–water partition coefficient (Wildman–Crippen LogP) is 2.68. The smallest absolute Gasteiger partial charge is 0.342 e. The van der Waals surface area contributed by atoms with Crippen LogP contribution in [0.15, 0.2) is 53.3 Å². The number of hydrogen-bond donors (Lipinski definition) is 2. The van der Waals surface area contributed by atoms with E-state index in [4.69, 9.17) is 4.74 Å². The van der Waals surface area contributed by atoms with Crippen LogP contribution in [-0.4, -0.2) is 32.5 Å². The van der Waals surface area contributed by atoms with E-state index < -0.39 is 23.5 Å². The highest BCUT2D eigenvalue weighted by Crippen LogP contribution is 2.20. The molecule has 0 saturated heterocycles. The first kappa shape index (κ1) is 20.9. The molecule has 0 aliphatic rings. The lowest BCUT2D eigenvalue weighted by molar-refractivity contribution is -0.123. The molecule has 0 aliphatic heterocycles. The second-order valence-corrected chi connectivity index (χ2v) is 6.99. The van der Waals surface area contributed by atoms with Crippen molar-refractivity contribution < 1.29 is 19.4 Å². The molecule has 0 saturated carbocycles. The minimum Gasteiger partial charge on any atom is -0.507 e. The van der Waals surface area contributed by atoms with Gasteiger partial charge >= 0.3 is 5.97 Å². The second-order valence-electron chi connectivity index (χ2n) is 6.99. The Bertz CT molecular complexity index is 1160. The first-order valence-corrected chi connectivity index (χ1v) is 9.36. The third kappa shape index (κ3) is 3.98. The number of aromatic hydroxyl groups is 1. The molecule has 1 aromatic heterocycles. The number of esters is 1. The molecule has 0 radical (unpaired) electrons. The monoisotopic (exact) mass is 409 g/mol. The Kier molecular flexibility index (Phi) is 5.77. The van der Waals surface area contributed by atoms with Crippen molar-refractivity contribution in [3.05, 3.63) is 75.7 Å². The molecule has 1 atom stereocenters. The molecule has 3 aromatic rings. The lowest BCUT2D eigenvalue weighted by Gasteiger charge is -2.13. The number of rotatable bonds is 5. The van der Waals surface area contributed by atoms with E-state index in [-0.39, 0.29) is 17.0 Å². The number of carbonyl (C=O) groups is 2. The van der Waals surface area contributed by atoms with Crippen LogP contribution in [0.2, 0.25) is 0 Å². The highest BCUT2D eigenvalue weighted by atomic mass is 16.5. The first-order valence-electron chi connectivity index (χ1n) is 9.36. The molecule has 2 N–H and O–H groups in total. The Morgan fingerprint density at radius 1 is 1.10 bits per heavy atom. The number of hydrogen-bond acceptors (Lipinski definition) is 5. The van der Waals surface area contributed by atoms with Gasteiger partial charge in [-0.15, -0.1) is 0 Å². The second kappa shape index (κ2) is 8.28. The summed E-state index contributed by atoms with van der Waals surface area (Å²) >= 11 is 0. The zero-order valence-electron chi connectivity index (χ0n) is 17.2. The molecule has 8 nitrogen and oxygen atoms in total. The van der Waals surface area contributed by atoms with E-state index in [9.17, 15) is 19.5 Å². The Hall–Kier alpha value is -3.81. The Balaban J connectivity index is 1.79. The van der Waals surface area contributed by atoms with E-state index in [1.54, 1.807) is 43.8 Å². The van der Waals surface area contributed by atoms with E-state index >= 15 is 0 Å². The van der Waals surface area contributed by atoms with Gasteiger partial charge < -0.3 is 15.2 Å². The van der Waals surface area contributed by atoms with Crippen molar-refractivity contribution in [1.29, 1.82) is 0 Å². The molecule has 0 unspecified atom stereocenters. The SMILES string of the molecule is Cc1ccc(C(=O)O[C@@H](C)C(=O)Nc2c(C)n(C)n(-c3ccccc3)c2=O)c(O)c1. The zero-order chi connectivity index (χ0) is 22.0. The topological polar surface area (TPSA) is 103 Å². The number of anilines is 1. The normalized spacial score (nSPS) is 11.7. The van der Waals surface area contributed by atoms with Gasteiger partial charge in [0.05, 0.1) is 11.4 Å². The number of ether oxygens (including phenoxy) is 1. The van der Waals surface area contributed by atoms with Gasteiger partial charge in [-0.05, 0) is 50.6 Å². The van der Waals surface area contributed by atoms with Gasteiger partial charge in [-0.2, -0.15) is 0 Å². The third-order valence-electron chi connectivity index (χ3n) is 4.83. The fourth-order valence-electron chi connectivity index (χ4n) is 3.03. The van der Waals surface area contributed by atoms with Crippen LogP contribution in [0.3, 0.4) is 0 Å². The molecular formula is C22H23N3O5. The number of phenolic OH excluding ortho intramolecular Hbond substituents is 1. The van der Waals surface area contributed by atoms with Gasteiger partial charge in [-0.1, -0.05) is 24.3 Å². The lowest BCUT2D eigenvalue weighted by atomic mass is 10.1. The number of nitrogens with zero attached hydrogens (tertiary/aromatic N) is 2. The fourth-order valence-corrected chi connectivity index (χ4v) is 3.03. The van der Waals surface area contributed by atoms with Crippen LogP contribution >= 0.6 is 0 Å². The van der Waals surface area contributed by atoms with Crippen molar-refractivity contribution in [3.8, 4) is 11.4 Å². The number of phenols is 1. The van der Waals surface area contributed by atoms with Crippen molar-refractivity contribution in [2.75, 3.05) is 5.32 Å². The number of carbonyl (C=O) groups excluding carboxylic acids is 2. The Morgan fingerprint density at radius 3 is 2.40 bits per heavy atom. The summed E-state index contributed by atoms with van der Waals surface area (Å²) in [5.74, 6) is -1.71. The molecule has 0 fully saturated rings. The molecular weight excluding hydrogens is 386 g/mol. The Morgan fingerprint density at radius 2 is 1.77 bits per heavy atom. The summed E-state index contributed by atoms with van der Waals surface area (Å²) in [7, 11) is 1.71. The number of benzene rings is 2. The molecule has 1 heterocycles. The zero-order valence-corrected chi connectivity index (χ0v) is 17.2. The van der Waals surface area contributed by atoms with Crippen LogP contribution in [0.4, 0.5) is 5.69 Å². The fraction of sp³-hybridized carbons (Fsp3) is 0.227. The number of aromatic nitrogens is 2. The van der Waals surface area contributed by atoms with Gasteiger partial charge in [-0.3, -0.25) is 14.3 Å². The van der Waals surface area contributed by atoms with Crippen LogP contribution in [0, 0.1) is 13.8 Å². The first-order chi connectivity index (χ1) is 14.2. The highest BCUT2D eigenvalue weighted by Gasteiger charge is 2.24. The average Bonchev–Trinajstić information content (AvgIpc) is 2.91. The van der Waals surface area contributed by atoms with Crippen LogP contribution in [0.5, 0.6) is 5.75 Å². The van der Waals surface area contributed by atoms with Crippen LogP contribution in [0.25, 0.3) is 5.69 Å². The highest BCUT2D eigenvalue weighted by molar-refractivity contribution is 5.98. The molecule has 0 spiro atoms. The molecule has 30 heavy (non-hydrogen) atoms. The summed E-state index contributed by atoms with van der Waals surface area (Å²) in [6, 6.07) is 13.5. The summed E-state index contributed by atoms with van der Waals surface area (Å²) < 4.78 is 8.24. The van der Waals surface area contributed by atoms with Gasteiger partial charge in [0, 0.05) is 7.05 Å². The maximum absolute atomic E-state index is 12.9. The summed E-state index contributed by atoms with van der Waals surface area (Å²) in [6.07, 6.45) is -1.18. The number of para-hydroxylation sites is 1. The number of amides is 1. The molecule has 156 valence electrons. The predicted molar refractivity (Wildman–Crippen MR) is 112 cm³/mol. The number of nitrogens with one attached hydrogen (secondary N) is 1. The Labute approximate surface area is 173 Å². The summed E-state index contributed by atoms with van der Waals surface area (Å²) in [5, 5.41) is 12.5. The van der Waals surface area contributed by atoms with Gasteiger partial charge in [0.25, 0.3) is 11.5 Å². The quantitative estimate of drug-likeness (QED) is 0.631. The molecule has 1 amide bonds. The molecule has 8 heteroatoms. The van der Waals surface area contributed by atoms with Crippen LogP contribution < -0.4 is 10.9 Å². The van der Waals surface area contributed by atoms with E-state index in [1.165, 1.54) is 23.7 Å². The molecule has 3 rings (SSSR count). The van der Waals surface area contributed by atoms with Crippen molar-refractivity contribution >= 4 is 17.6 Å². The standard InChI is InChI=1S/C22H23N3O5/c1-13-10-11-17(18(26)12-13)22(29)30-15(3)20(27)23-19-14(2)24(4)25(21(19)28)16-8-6-5-7-9-16/h5-12,15,26H,1-4H3,(H,23,27)/t15-/m0/s1. The van der Waals surface area contributed by atoms with E-state index in [0.717, 1.165) is 5.56 Å². The summed E-state index contributed by atoms with van der Waals surface area (Å²) in [5.41, 5.74) is 1.65. The molecule has 0 bridgehead atoms. The molecule has 2 aromatic carbocycles. The molecule has 0 aliphatic carbocycles. The van der Waals surface area contributed by atoms with E-state index in [1.807, 2.05) is 18.2 Å². The van der Waals surface area contributed by atoms with Gasteiger partial charge in [-0.25, -0.2) is 9.48 Å². The van der Waals surface area contributed by atoms with Crippen LogP contribution in [-0.2, 0) is 16.6 Å². The van der Waals surface area contributed by atoms with Gasteiger partial charge in [0.15, 0.2) is 6.10 Å². The van der Waals surface area contributed by atoms with Crippen molar-refractivity contribution in [2.24, 2.45) is 7.05 Å². The minimum atomic E-state index is -1.18. The lowest BCUT2D eigenvalue weighted by Crippen LogP contribution is -2.32. The van der Waals surface area contributed by atoms with Crippen molar-refractivity contribution in [1.82, 2.24) is 9.36 Å². The van der Waals surface area contributed by atoms with E-state index in [0.29, 0.717) is 11.4 Å². The largest absolute Gasteiger partial charge is 0.507 e. The van der Waals surface area contributed by atoms with Gasteiger partial charge in [0.2, 0.25) is 0 Å². The average molecular weight is 409 g/mol. The van der Waals surface area contributed by atoms with Crippen LogP contribution in [0.1, 0.15) is 28.5 Å². The van der Waals surface area contributed by atoms with Gasteiger partial charge in [0.1, 0.15) is 17.0 Å². The number of aryl methyl sites for hydroxylation is 1. The van der Waals surface area contributed by atoms with Crippen molar-refractivity contribution in [2.45, 2.75) is 26.9 Å². The summed E-state index contributed by atoms with van der Waals surface area (Å²) in [4.78, 5) is 37.7. The minimum absolute atomic E-state index is 0.0393. The van der Waals surface area contributed by atoms with E-state index in [2.05, 4.69) is 5.32 Å².